The van der Waals surface area contributed by atoms with Gasteiger partial charge in [0, 0.05) is 0 Å². The van der Waals surface area contributed by atoms with Gasteiger partial charge >= 0.3 is 5.97 Å². The third-order valence-corrected chi connectivity index (χ3v) is 3.30. The minimum atomic E-state index is -1.50. The van der Waals surface area contributed by atoms with Crippen molar-refractivity contribution in [3.05, 3.63) is 0 Å². The van der Waals surface area contributed by atoms with Gasteiger partial charge in [0.1, 0.15) is 5.67 Å². The van der Waals surface area contributed by atoms with Gasteiger partial charge in [-0.1, -0.05) is 19.3 Å². The van der Waals surface area contributed by atoms with Crippen molar-refractivity contribution in [2.75, 3.05) is 0 Å². The molecule has 13 heavy (non-hydrogen) atoms. The van der Waals surface area contributed by atoms with E-state index in [2.05, 4.69) is 0 Å². The number of hydrogen-bond acceptors (Lipinski definition) is 1. The molecular formula is C10H17FO2. The Kier molecular flexibility index (Phi) is 2.64. The van der Waals surface area contributed by atoms with Crippen molar-refractivity contribution < 1.29 is 14.3 Å². The smallest absolute Gasteiger partial charge is 0.312 e. The van der Waals surface area contributed by atoms with Crippen LogP contribution in [0.3, 0.4) is 0 Å². The number of aliphatic carboxylic acids is 1. The van der Waals surface area contributed by atoms with Crippen LogP contribution in [0.15, 0.2) is 0 Å². The first kappa shape index (κ1) is 10.5. The normalized spacial score (nSPS) is 22.7. The Bertz CT molecular complexity index is 205. The molecule has 1 fully saturated rings. The summed E-state index contributed by atoms with van der Waals surface area (Å²) in [6, 6.07) is 0. The Labute approximate surface area is 78.1 Å². The van der Waals surface area contributed by atoms with E-state index in [0.717, 1.165) is 19.3 Å². The predicted octanol–water partition coefficient (Wildman–Crippen LogP) is 2.77. The van der Waals surface area contributed by atoms with Gasteiger partial charge in [-0.05, 0) is 26.7 Å². The van der Waals surface area contributed by atoms with E-state index in [0.29, 0.717) is 12.8 Å². The van der Waals surface area contributed by atoms with E-state index >= 15 is 0 Å². The van der Waals surface area contributed by atoms with Crippen LogP contribution >= 0.6 is 0 Å². The summed E-state index contributed by atoms with van der Waals surface area (Å²) in [4.78, 5) is 10.9. The van der Waals surface area contributed by atoms with Crippen LogP contribution in [0.4, 0.5) is 4.39 Å². The molecule has 1 rings (SSSR count). The highest BCUT2D eigenvalue weighted by Gasteiger charge is 2.51. The number of carboxylic acid groups (broad SMARTS) is 1. The lowest BCUT2D eigenvalue weighted by Gasteiger charge is -2.39. The molecule has 0 heterocycles. The number of halogens is 1. The summed E-state index contributed by atoms with van der Waals surface area (Å²) in [5.74, 6) is -1.03. The molecule has 0 radical (unpaired) electrons. The SMILES string of the molecule is CC(C)(C(=O)O)C1(F)CCCCC1. The molecule has 1 saturated carbocycles. The van der Waals surface area contributed by atoms with Gasteiger partial charge in [-0.25, -0.2) is 4.39 Å². The van der Waals surface area contributed by atoms with Gasteiger partial charge in [-0.3, -0.25) is 4.79 Å². The molecule has 0 aromatic heterocycles. The fourth-order valence-corrected chi connectivity index (χ4v) is 1.93. The van der Waals surface area contributed by atoms with Crippen molar-refractivity contribution in [1.82, 2.24) is 0 Å². The van der Waals surface area contributed by atoms with Crippen molar-refractivity contribution in [2.24, 2.45) is 5.41 Å². The molecule has 0 unspecified atom stereocenters. The van der Waals surface area contributed by atoms with Gasteiger partial charge in [0.25, 0.3) is 0 Å². The Hall–Kier alpha value is -0.600. The van der Waals surface area contributed by atoms with Gasteiger partial charge < -0.3 is 5.11 Å². The predicted molar refractivity (Wildman–Crippen MR) is 48.3 cm³/mol. The highest BCUT2D eigenvalue weighted by molar-refractivity contribution is 5.75. The molecule has 0 spiro atoms. The topological polar surface area (TPSA) is 37.3 Å². The molecule has 0 aromatic rings. The van der Waals surface area contributed by atoms with Crippen molar-refractivity contribution in [3.63, 3.8) is 0 Å². The second-order valence-corrected chi connectivity index (χ2v) is 4.46. The lowest BCUT2D eigenvalue weighted by Crippen LogP contribution is -2.47. The fourth-order valence-electron chi connectivity index (χ4n) is 1.93. The van der Waals surface area contributed by atoms with E-state index in [1.807, 2.05) is 0 Å². The number of carboxylic acids is 1. The molecule has 1 aliphatic carbocycles. The summed E-state index contributed by atoms with van der Waals surface area (Å²) >= 11 is 0. The maximum absolute atomic E-state index is 14.2. The Balaban J connectivity index is 2.82. The van der Waals surface area contributed by atoms with Crippen LogP contribution < -0.4 is 0 Å². The fraction of sp³-hybridized carbons (Fsp3) is 0.900. The Morgan fingerprint density at radius 2 is 1.77 bits per heavy atom. The summed E-state index contributed by atoms with van der Waals surface area (Å²) in [5.41, 5.74) is -2.75. The summed E-state index contributed by atoms with van der Waals surface area (Å²) in [6.07, 6.45) is 3.44. The first-order valence-electron chi connectivity index (χ1n) is 4.82. The van der Waals surface area contributed by atoms with E-state index < -0.39 is 17.1 Å². The lowest BCUT2D eigenvalue weighted by atomic mass is 9.68. The van der Waals surface area contributed by atoms with E-state index in [1.165, 1.54) is 13.8 Å². The standard InChI is InChI=1S/C10H17FO2/c1-9(2,8(12)13)10(11)6-4-3-5-7-10/h3-7H2,1-2H3,(H,12,13). The van der Waals surface area contributed by atoms with Crippen molar-refractivity contribution in [3.8, 4) is 0 Å². The average molecular weight is 188 g/mol. The molecule has 1 aliphatic rings. The maximum atomic E-state index is 14.2. The molecule has 3 heteroatoms. The molecule has 76 valence electrons. The highest BCUT2D eigenvalue weighted by atomic mass is 19.1. The Morgan fingerprint density at radius 1 is 1.31 bits per heavy atom. The number of carbonyl (C=O) groups is 1. The molecule has 2 nitrogen and oxygen atoms in total. The third kappa shape index (κ3) is 1.69. The molecule has 1 N–H and O–H groups in total. The van der Waals surface area contributed by atoms with E-state index in [-0.39, 0.29) is 0 Å². The highest BCUT2D eigenvalue weighted by Crippen LogP contribution is 2.45. The number of alkyl halides is 1. The van der Waals surface area contributed by atoms with Crippen LogP contribution in [-0.4, -0.2) is 16.7 Å². The minimum Gasteiger partial charge on any atom is -0.481 e. The quantitative estimate of drug-likeness (QED) is 0.723. The summed E-state index contributed by atoms with van der Waals surface area (Å²) in [6.45, 7) is 2.97. The average Bonchev–Trinajstić information content (AvgIpc) is 2.05. The zero-order chi connectivity index (χ0) is 10.1. The lowest BCUT2D eigenvalue weighted by molar-refractivity contribution is -0.159. The van der Waals surface area contributed by atoms with Crippen LogP contribution in [0.5, 0.6) is 0 Å². The molecule has 0 amide bonds. The third-order valence-electron chi connectivity index (χ3n) is 3.30. The van der Waals surface area contributed by atoms with Gasteiger partial charge in [0.05, 0.1) is 5.41 Å². The molecule has 0 atom stereocenters. The van der Waals surface area contributed by atoms with Crippen LogP contribution in [0.25, 0.3) is 0 Å². The van der Waals surface area contributed by atoms with E-state index in [1.54, 1.807) is 0 Å². The maximum Gasteiger partial charge on any atom is 0.312 e. The monoisotopic (exact) mass is 188 g/mol. The molecule has 0 aliphatic heterocycles. The van der Waals surface area contributed by atoms with Gasteiger partial charge in [0.15, 0.2) is 0 Å². The molecule has 0 aromatic carbocycles. The first-order valence-corrected chi connectivity index (χ1v) is 4.82. The largest absolute Gasteiger partial charge is 0.481 e. The number of hydrogen-bond donors (Lipinski definition) is 1. The van der Waals surface area contributed by atoms with Crippen LogP contribution in [0.1, 0.15) is 46.0 Å². The summed E-state index contributed by atoms with van der Waals surface area (Å²) in [7, 11) is 0. The van der Waals surface area contributed by atoms with Gasteiger partial charge in [-0.2, -0.15) is 0 Å². The van der Waals surface area contributed by atoms with Crippen molar-refractivity contribution >= 4 is 5.97 Å². The summed E-state index contributed by atoms with van der Waals surface area (Å²) in [5, 5.41) is 8.92. The zero-order valence-corrected chi connectivity index (χ0v) is 8.27. The van der Waals surface area contributed by atoms with Gasteiger partial charge in [-0.15, -0.1) is 0 Å². The van der Waals surface area contributed by atoms with Crippen LogP contribution in [0, 0.1) is 5.41 Å². The molecular weight excluding hydrogens is 171 g/mol. The van der Waals surface area contributed by atoms with Gasteiger partial charge in [0.2, 0.25) is 0 Å². The molecule has 0 saturated heterocycles. The second kappa shape index (κ2) is 3.28. The molecule has 0 bridgehead atoms. The summed E-state index contributed by atoms with van der Waals surface area (Å²) < 4.78 is 14.2. The number of rotatable bonds is 2. The van der Waals surface area contributed by atoms with Crippen molar-refractivity contribution in [1.29, 1.82) is 0 Å². The minimum absolute atomic E-state index is 0.395. The van der Waals surface area contributed by atoms with E-state index in [4.69, 9.17) is 5.11 Å². The van der Waals surface area contributed by atoms with Crippen LogP contribution in [0.2, 0.25) is 0 Å². The second-order valence-electron chi connectivity index (χ2n) is 4.46. The van der Waals surface area contributed by atoms with E-state index in [9.17, 15) is 9.18 Å². The Morgan fingerprint density at radius 3 is 2.15 bits per heavy atom. The van der Waals surface area contributed by atoms with Crippen LogP contribution in [-0.2, 0) is 4.79 Å². The van der Waals surface area contributed by atoms with Crippen molar-refractivity contribution in [2.45, 2.75) is 51.6 Å². The first-order chi connectivity index (χ1) is 5.90. The zero-order valence-electron chi connectivity index (χ0n) is 8.27.